The van der Waals surface area contributed by atoms with Crippen LogP contribution in [0.1, 0.15) is 5.56 Å². The fraction of sp³-hybridized carbons (Fsp3) is 0.600. The maximum absolute atomic E-state index is 5.89. The standard InChI is InChI=1S/C15H24N2O2/c1-16-14(15-11-17(2)7-8-19-15)10-12-5-4-6-13(9-12)18-3/h4-6,9,14-16H,7-8,10-11H2,1-3H3. The quantitative estimate of drug-likeness (QED) is 0.865. The molecule has 1 aliphatic rings. The summed E-state index contributed by atoms with van der Waals surface area (Å²) in [5.41, 5.74) is 1.27. The third-order valence-corrected chi connectivity index (χ3v) is 3.71. The van der Waals surface area contributed by atoms with Gasteiger partial charge < -0.3 is 19.7 Å². The van der Waals surface area contributed by atoms with Crippen molar-refractivity contribution in [2.75, 3.05) is 40.9 Å². The number of likely N-dealkylation sites (N-methyl/N-ethyl adjacent to an activating group) is 2. The van der Waals surface area contributed by atoms with Gasteiger partial charge in [-0.25, -0.2) is 0 Å². The number of nitrogens with one attached hydrogen (secondary N) is 1. The largest absolute Gasteiger partial charge is 0.497 e. The van der Waals surface area contributed by atoms with Crippen LogP contribution in [0.15, 0.2) is 24.3 Å². The summed E-state index contributed by atoms with van der Waals surface area (Å²) < 4.78 is 11.2. The van der Waals surface area contributed by atoms with Crippen LogP contribution in [0.2, 0.25) is 0 Å². The molecule has 4 heteroatoms. The van der Waals surface area contributed by atoms with Crippen LogP contribution < -0.4 is 10.1 Å². The van der Waals surface area contributed by atoms with Gasteiger partial charge >= 0.3 is 0 Å². The van der Waals surface area contributed by atoms with Crippen molar-refractivity contribution in [3.8, 4) is 5.75 Å². The molecular weight excluding hydrogens is 240 g/mol. The Labute approximate surface area is 115 Å². The molecule has 0 amide bonds. The second-order valence-corrected chi connectivity index (χ2v) is 5.12. The van der Waals surface area contributed by atoms with Crippen molar-refractivity contribution in [1.82, 2.24) is 10.2 Å². The number of nitrogens with zero attached hydrogens (tertiary/aromatic N) is 1. The molecule has 0 radical (unpaired) electrons. The van der Waals surface area contributed by atoms with Crippen LogP contribution in [0.5, 0.6) is 5.75 Å². The van der Waals surface area contributed by atoms with Gasteiger partial charge in [0.1, 0.15) is 5.75 Å². The third-order valence-electron chi connectivity index (χ3n) is 3.71. The van der Waals surface area contributed by atoms with E-state index in [1.165, 1.54) is 5.56 Å². The summed E-state index contributed by atoms with van der Waals surface area (Å²) in [5, 5.41) is 3.39. The van der Waals surface area contributed by atoms with Crippen LogP contribution in [0, 0.1) is 0 Å². The maximum Gasteiger partial charge on any atom is 0.119 e. The lowest BCUT2D eigenvalue weighted by atomic mass is 10.00. The van der Waals surface area contributed by atoms with E-state index in [9.17, 15) is 0 Å². The van der Waals surface area contributed by atoms with E-state index in [0.29, 0.717) is 6.04 Å². The molecule has 0 aliphatic carbocycles. The highest BCUT2D eigenvalue weighted by atomic mass is 16.5. The van der Waals surface area contributed by atoms with Crippen LogP contribution >= 0.6 is 0 Å². The molecule has 1 fully saturated rings. The average molecular weight is 264 g/mol. The average Bonchev–Trinajstić information content (AvgIpc) is 2.45. The Morgan fingerprint density at radius 3 is 3.05 bits per heavy atom. The molecule has 0 saturated carbocycles. The second kappa shape index (κ2) is 6.89. The number of hydrogen-bond acceptors (Lipinski definition) is 4. The number of ether oxygens (including phenoxy) is 2. The lowest BCUT2D eigenvalue weighted by molar-refractivity contribution is -0.0372. The SMILES string of the molecule is CNC(Cc1cccc(OC)c1)C1CN(C)CCO1. The Hall–Kier alpha value is -1.10. The molecule has 2 unspecified atom stereocenters. The summed E-state index contributed by atoms with van der Waals surface area (Å²) in [6, 6.07) is 8.57. The Morgan fingerprint density at radius 2 is 2.37 bits per heavy atom. The zero-order valence-electron chi connectivity index (χ0n) is 12.1. The molecule has 2 atom stereocenters. The zero-order valence-corrected chi connectivity index (χ0v) is 12.1. The van der Waals surface area contributed by atoms with E-state index in [0.717, 1.165) is 31.9 Å². The molecule has 1 aromatic rings. The number of benzene rings is 1. The summed E-state index contributed by atoms with van der Waals surface area (Å²) in [5.74, 6) is 0.911. The van der Waals surface area contributed by atoms with Gasteiger partial charge in [0.05, 0.1) is 19.8 Å². The van der Waals surface area contributed by atoms with Crippen molar-refractivity contribution in [1.29, 1.82) is 0 Å². The molecule has 2 rings (SSSR count). The van der Waals surface area contributed by atoms with Crippen molar-refractivity contribution in [2.24, 2.45) is 0 Å². The first-order valence-electron chi connectivity index (χ1n) is 6.83. The van der Waals surface area contributed by atoms with Gasteiger partial charge in [0.25, 0.3) is 0 Å². The van der Waals surface area contributed by atoms with Crippen LogP contribution in [0.25, 0.3) is 0 Å². The van der Waals surface area contributed by atoms with Gasteiger partial charge in [-0.15, -0.1) is 0 Å². The van der Waals surface area contributed by atoms with Gasteiger partial charge in [-0.2, -0.15) is 0 Å². The topological polar surface area (TPSA) is 33.7 Å². The fourth-order valence-corrected chi connectivity index (χ4v) is 2.53. The maximum atomic E-state index is 5.89. The summed E-state index contributed by atoms with van der Waals surface area (Å²) in [6.45, 7) is 2.82. The predicted molar refractivity (Wildman–Crippen MR) is 76.8 cm³/mol. The molecule has 106 valence electrons. The number of morpholine rings is 1. The van der Waals surface area contributed by atoms with Gasteiger partial charge in [-0.3, -0.25) is 0 Å². The number of rotatable bonds is 5. The lowest BCUT2D eigenvalue weighted by Crippen LogP contribution is -2.51. The number of hydrogen-bond donors (Lipinski definition) is 1. The van der Waals surface area contributed by atoms with E-state index in [4.69, 9.17) is 9.47 Å². The first-order valence-corrected chi connectivity index (χ1v) is 6.83. The Balaban J connectivity index is 2.01. The monoisotopic (exact) mass is 264 g/mol. The van der Waals surface area contributed by atoms with E-state index in [1.54, 1.807) is 7.11 Å². The van der Waals surface area contributed by atoms with Crippen LogP contribution in [0.4, 0.5) is 0 Å². The molecule has 1 saturated heterocycles. The van der Waals surface area contributed by atoms with E-state index in [-0.39, 0.29) is 6.10 Å². The molecule has 0 aromatic heterocycles. The predicted octanol–water partition coefficient (Wildman–Crippen LogP) is 1.16. The van der Waals surface area contributed by atoms with E-state index >= 15 is 0 Å². The molecule has 4 nitrogen and oxygen atoms in total. The van der Waals surface area contributed by atoms with E-state index < -0.39 is 0 Å². The zero-order chi connectivity index (χ0) is 13.7. The Bertz CT molecular complexity index is 397. The second-order valence-electron chi connectivity index (χ2n) is 5.12. The summed E-state index contributed by atoms with van der Waals surface area (Å²) >= 11 is 0. The molecule has 0 bridgehead atoms. The van der Waals surface area contributed by atoms with Gasteiger partial charge in [-0.1, -0.05) is 12.1 Å². The highest BCUT2D eigenvalue weighted by Crippen LogP contribution is 2.17. The molecule has 1 aromatic carbocycles. The van der Waals surface area contributed by atoms with Gasteiger partial charge in [0.15, 0.2) is 0 Å². The fourth-order valence-electron chi connectivity index (χ4n) is 2.53. The van der Waals surface area contributed by atoms with Crippen molar-refractivity contribution in [3.05, 3.63) is 29.8 Å². The van der Waals surface area contributed by atoms with Gasteiger partial charge in [-0.05, 0) is 38.2 Å². The van der Waals surface area contributed by atoms with E-state index in [2.05, 4.69) is 29.4 Å². The minimum Gasteiger partial charge on any atom is -0.497 e. The minimum absolute atomic E-state index is 0.245. The van der Waals surface area contributed by atoms with Crippen molar-refractivity contribution >= 4 is 0 Å². The summed E-state index contributed by atoms with van der Waals surface area (Å²) in [7, 11) is 5.85. The summed E-state index contributed by atoms with van der Waals surface area (Å²) in [6.07, 6.45) is 1.20. The molecule has 1 N–H and O–H groups in total. The van der Waals surface area contributed by atoms with Crippen LogP contribution in [-0.2, 0) is 11.2 Å². The molecular formula is C15H24N2O2. The summed E-state index contributed by atoms with van der Waals surface area (Å²) in [4.78, 5) is 2.32. The first kappa shape index (κ1) is 14.3. The van der Waals surface area contributed by atoms with Gasteiger partial charge in [0, 0.05) is 19.1 Å². The lowest BCUT2D eigenvalue weighted by Gasteiger charge is -2.35. The first-order chi connectivity index (χ1) is 9.22. The third kappa shape index (κ3) is 3.93. The van der Waals surface area contributed by atoms with Crippen molar-refractivity contribution in [3.63, 3.8) is 0 Å². The highest BCUT2D eigenvalue weighted by Gasteiger charge is 2.25. The Morgan fingerprint density at radius 1 is 1.53 bits per heavy atom. The van der Waals surface area contributed by atoms with Crippen molar-refractivity contribution in [2.45, 2.75) is 18.6 Å². The van der Waals surface area contributed by atoms with Crippen LogP contribution in [0.3, 0.4) is 0 Å². The van der Waals surface area contributed by atoms with E-state index in [1.807, 2.05) is 19.2 Å². The molecule has 1 heterocycles. The van der Waals surface area contributed by atoms with Crippen LogP contribution in [-0.4, -0.2) is 57.9 Å². The molecule has 19 heavy (non-hydrogen) atoms. The normalized spacial score (nSPS) is 22.2. The Kier molecular flexibility index (Phi) is 5.19. The minimum atomic E-state index is 0.245. The van der Waals surface area contributed by atoms with Crippen molar-refractivity contribution < 1.29 is 9.47 Å². The smallest absolute Gasteiger partial charge is 0.119 e. The van der Waals surface area contributed by atoms with Gasteiger partial charge in [0.2, 0.25) is 0 Å². The number of methoxy groups -OCH3 is 1. The molecule has 1 aliphatic heterocycles. The highest BCUT2D eigenvalue weighted by molar-refractivity contribution is 5.29. The molecule has 0 spiro atoms.